The number of nitrogens with one attached hydrogen (secondary N) is 1. The maximum absolute atomic E-state index is 14.6. The van der Waals surface area contributed by atoms with E-state index in [-0.39, 0.29) is 50.3 Å². The van der Waals surface area contributed by atoms with Gasteiger partial charge in [-0.3, -0.25) is 19.2 Å². The smallest absolute Gasteiger partial charge is 0.313 e. The van der Waals surface area contributed by atoms with E-state index in [1.54, 1.807) is 55.4 Å². The number of aliphatic hydroxyl groups is 1. The lowest BCUT2D eigenvalue weighted by Gasteiger charge is -2.36. The van der Waals surface area contributed by atoms with Gasteiger partial charge in [-0.2, -0.15) is 0 Å². The molecular formula is C37H45N3O8. The summed E-state index contributed by atoms with van der Waals surface area (Å²) in [6.07, 6.45) is 3.71. The fraction of sp³-hybridized carbons (Fsp3) is 0.459. The van der Waals surface area contributed by atoms with Crippen molar-refractivity contribution in [2.24, 2.45) is 11.8 Å². The summed E-state index contributed by atoms with van der Waals surface area (Å²) >= 11 is 0. The molecule has 2 aromatic carbocycles. The summed E-state index contributed by atoms with van der Waals surface area (Å²) in [6.45, 7) is 9.40. The van der Waals surface area contributed by atoms with Crippen LogP contribution < -0.4 is 15.0 Å². The molecule has 0 radical (unpaired) electrons. The van der Waals surface area contributed by atoms with Crippen molar-refractivity contribution >= 4 is 29.4 Å². The molecule has 11 heteroatoms. The summed E-state index contributed by atoms with van der Waals surface area (Å²) in [5.41, 5.74) is 0.0286. The van der Waals surface area contributed by atoms with Crippen LogP contribution in [0.1, 0.15) is 50.7 Å². The first-order valence-electron chi connectivity index (χ1n) is 16.5. The average molecular weight is 660 g/mol. The summed E-state index contributed by atoms with van der Waals surface area (Å²) in [6, 6.07) is 14.6. The molecule has 3 aliphatic rings. The highest BCUT2D eigenvalue weighted by atomic mass is 16.6. The number of hydrogen-bond acceptors (Lipinski definition) is 8. The van der Waals surface area contributed by atoms with E-state index in [0.29, 0.717) is 36.3 Å². The summed E-state index contributed by atoms with van der Waals surface area (Å²) in [5, 5.41) is 12.6. The van der Waals surface area contributed by atoms with E-state index >= 15 is 0 Å². The van der Waals surface area contributed by atoms with Gasteiger partial charge in [-0.05, 0) is 62.4 Å². The Labute approximate surface area is 281 Å². The lowest BCUT2D eigenvalue weighted by molar-refractivity contribution is -0.162. The molecule has 2 N–H and O–H groups in total. The lowest BCUT2D eigenvalue weighted by Crippen LogP contribution is -2.56. The number of ether oxygens (including phenoxy) is 3. The standard InChI is InChI=1S/C37H45N3O8/c1-5-7-14-29(42)38-24(3)32(25-12-9-8-10-13-25)47-36(45)30-28-19-20-37(48-28)31(30)34(43)40(22-11-23-41)33(37)35(44)39(21-6-2)26-15-17-27(46-4)18-16-26/h5-6,8-10,12-13,15-18,24,28,30-33,41H,1-2,7,11,14,19-23H2,3-4H3,(H,38,42)/t24-,28-,30+,31+,32-,33-,37+/m0/s1. The Morgan fingerprint density at radius 1 is 1.15 bits per heavy atom. The van der Waals surface area contributed by atoms with Gasteiger partial charge in [0.15, 0.2) is 0 Å². The quantitative estimate of drug-likeness (QED) is 0.206. The second kappa shape index (κ2) is 15.2. The molecule has 256 valence electrons. The predicted octanol–water partition coefficient (Wildman–Crippen LogP) is 3.73. The van der Waals surface area contributed by atoms with Gasteiger partial charge in [0.1, 0.15) is 23.5 Å². The molecule has 7 atom stereocenters. The first-order chi connectivity index (χ1) is 23.2. The van der Waals surface area contributed by atoms with Crippen molar-refractivity contribution < 1.29 is 38.5 Å². The monoisotopic (exact) mass is 659 g/mol. The van der Waals surface area contributed by atoms with Gasteiger partial charge in [0, 0.05) is 31.8 Å². The Bertz CT molecular complexity index is 1500. The Kier molecular flexibility index (Phi) is 11.0. The van der Waals surface area contributed by atoms with Crippen LogP contribution in [0.15, 0.2) is 79.9 Å². The minimum atomic E-state index is -1.25. The van der Waals surface area contributed by atoms with Crippen LogP contribution in [0.2, 0.25) is 0 Å². The third-order valence-corrected chi connectivity index (χ3v) is 9.61. The van der Waals surface area contributed by atoms with Crippen LogP contribution in [0.5, 0.6) is 5.75 Å². The largest absolute Gasteiger partial charge is 0.497 e. The number of rotatable bonds is 16. The van der Waals surface area contributed by atoms with Gasteiger partial charge in [-0.1, -0.05) is 42.5 Å². The van der Waals surface area contributed by atoms with Gasteiger partial charge in [0.2, 0.25) is 11.8 Å². The molecule has 1 spiro atoms. The molecule has 11 nitrogen and oxygen atoms in total. The van der Waals surface area contributed by atoms with E-state index in [0.717, 1.165) is 0 Å². The highest BCUT2D eigenvalue weighted by Crippen LogP contribution is 2.59. The van der Waals surface area contributed by atoms with Crippen LogP contribution >= 0.6 is 0 Å². The third kappa shape index (κ3) is 6.61. The number of carbonyl (C=O) groups excluding carboxylic acids is 4. The first kappa shape index (κ1) is 34.8. The number of methoxy groups -OCH3 is 1. The van der Waals surface area contributed by atoms with E-state index in [4.69, 9.17) is 14.2 Å². The van der Waals surface area contributed by atoms with E-state index in [9.17, 15) is 24.3 Å². The number of aliphatic hydroxyl groups excluding tert-OH is 1. The molecule has 0 saturated carbocycles. The number of allylic oxidation sites excluding steroid dienone is 1. The van der Waals surface area contributed by atoms with Crippen molar-refractivity contribution in [1.29, 1.82) is 0 Å². The Hall–Kier alpha value is -4.48. The third-order valence-electron chi connectivity index (χ3n) is 9.61. The predicted molar refractivity (Wildman–Crippen MR) is 179 cm³/mol. The Morgan fingerprint density at radius 2 is 1.88 bits per heavy atom. The summed E-state index contributed by atoms with van der Waals surface area (Å²) in [4.78, 5) is 58.8. The maximum atomic E-state index is 14.6. The summed E-state index contributed by atoms with van der Waals surface area (Å²) in [5.74, 6) is -2.83. The summed E-state index contributed by atoms with van der Waals surface area (Å²) < 4.78 is 18.1. The molecule has 3 fully saturated rings. The minimum Gasteiger partial charge on any atom is -0.497 e. The molecule has 48 heavy (non-hydrogen) atoms. The minimum absolute atomic E-state index is 0.116. The zero-order chi connectivity index (χ0) is 34.4. The number of nitrogens with zero attached hydrogens (tertiary/aromatic N) is 2. The highest BCUT2D eigenvalue weighted by Gasteiger charge is 2.75. The molecule has 0 aromatic heterocycles. The number of esters is 1. The maximum Gasteiger partial charge on any atom is 0.313 e. The number of hydrogen-bond donors (Lipinski definition) is 2. The van der Waals surface area contributed by atoms with E-state index < -0.39 is 47.7 Å². The molecule has 0 unspecified atom stereocenters. The molecule has 0 aliphatic carbocycles. The van der Waals surface area contributed by atoms with Gasteiger partial charge >= 0.3 is 5.97 Å². The van der Waals surface area contributed by atoms with Crippen LogP contribution in [-0.2, 0) is 28.7 Å². The number of amides is 3. The van der Waals surface area contributed by atoms with E-state index in [2.05, 4.69) is 18.5 Å². The lowest BCUT2D eigenvalue weighted by atomic mass is 9.70. The zero-order valence-corrected chi connectivity index (χ0v) is 27.6. The molecule has 3 heterocycles. The SMILES string of the molecule is C=CCCC(=O)N[C@@H](C)[C@H](OC(=O)[C@@H]1[C@@H]2CC[C@]3(O2)[C@H](C(=O)N(CC=C)c2ccc(OC)cc2)N(CCCO)C(=O)[C@@H]13)c1ccccc1. The van der Waals surface area contributed by atoms with Crippen molar-refractivity contribution in [3.05, 3.63) is 85.5 Å². The number of carbonyl (C=O) groups is 4. The fourth-order valence-electron chi connectivity index (χ4n) is 7.48. The molecule has 2 aromatic rings. The van der Waals surface area contributed by atoms with Gasteiger partial charge in [0.25, 0.3) is 5.91 Å². The second-order valence-electron chi connectivity index (χ2n) is 12.6. The zero-order valence-electron chi connectivity index (χ0n) is 27.6. The fourth-order valence-corrected chi connectivity index (χ4v) is 7.48. The first-order valence-corrected chi connectivity index (χ1v) is 16.5. The number of fused-ring (bicyclic) bond motifs is 1. The van der Waals surface area contributed by atoms with Gasteiger partial charge in [0.05, 0.1) is 31.1 Å². The second-order valence-corrected chi connectivity index (χ2v) is 12.6. The molecule has 2 bridgehead atoms. The Balaban J connectivity index is 1.46. The van der Waals surface area contributed by atoms with Crippen molar-refractivity contribution in [2.45, 2.75) is 68.9 Å². The number of benzene rings is 2. The molecule has 3 aliphatic heterocycles. The normalized spacial score (nSPS) is 25.1. The van der Waals surface area contributed by atoms with E-state index in [1.807, 2.05) is 30.3 Å². The van der Waals surface area contributed by atoms with Gasteiger partial charge in [-0.25, -0.2) is 0 Å². The highest BCUT2D eigenvalue weighted by molar-refractivity contribution is 6.04. The van der Waals surface area contributed by atoms with Crippen molar-refractivity contribution in [2.75, 3.05) is 31.7 Å². The molecule has 3 amide bonds. The Morgan fingerprint density at radius 3 is 2.52 bits per heavy atom. The summed E-state index contributed by atoms with van der Waals surface area (Å²) in [7, 11) is 1.56. The molecule has 5 rings (SSSR count). The molecule has 3 saturated heterocycles. The van der Waals surface area contributed by atoms with Crippen LogP contribution in [0, 0.1) is 11.8 Å². The van der Waals surface area contributed by atoms with Gasteiger partial charge in [-0.15, -0.1) is 13.2 Å². The number of likely N-dealkylation sites (tertiary alicyclic amines) is 1. The van der Waals surface area contributed by atoms with Crippen molar-refractivity contribution in [1.82, 2.24) is 10.2 Å². The van der Waals surface area contributed by atoms with Crippen molar-refractivity contribution in [3.8, 4) is 5.75 Å². The van der Waals surface area contributed by atoms with Crippen LogP contribution in [-0.4, -0.2) is 84.3 Å². The van der Waals surface area contributed by atoms with Crippen LogP contribution in [0.4, 0.5) is 5.69 Å². The molecular weight excluding hydrogens is 614 g/mol. The average Bonchev–Trinajstić information content (AvgIpc) is 3.74. The van der Waals surface area contributed by atoms with Crippen LogP contribution in [0.25, 0.3) is 0 Å². The van der Waals surface area contributed by atoms with Gasteiger partial charge < -0.3 is 34.4 Å². The van der Waals surface area contributed by atoms with E-state index in [1.165, 1.54) is 4.90 Å². The van der Waals surface area contributed by atoms with Crippen molar-refractivity contribution in [3.63, 3.8) is 0 Å². The van der Waals surface area contributed by atoms with Crippen LogP contribution in [0.3, 0.4) is 0 Å². The number of anilines is 1. The topological polar surface area (TPSA) is 135 Å².